The van der Waals surface area contributed by atoms with Crippen molar-refractivity contribution in [3.63, 3.8) is 0 Å². The molecule has 6 heteroatoms. The molecule has 0 bridgehead atoms. The molecule has 2 heterocycles. The van der Waals surface area contributed by atoms with Gasteiger partial charge < -0.3 is 9.88 Å². The van der Waals surface area contributed by atoms with Gasteiger partial charge in [-0.1, -0.05) is 60.7 Å². The third-order valence-corrected chi connectivity index (χ3v) is 5.61. The summed E-state index contributed by atoms with van der Waals surface area (Å²) in [6.45, 7) is 1.94. The molecule has 0 spiro atoms. The summed E-state index contributed by atoms with van der Waals surface area (Å²) in [7, 11) is 1.97. The van der Waals surface area contributed by atoms with Gasteiger partial charge in [0.25, 0.3) is 5.91 Å². The SMILES string of the molecule is Cc1cc(C(=O)NC(c2ccccc2)c2nc3ccccc3n2C)nn1-c1ccccc1. The Hall–Kier alpha value is -4.19. The number of carbonyl (C=O) groups excluding carboxylic acids is 1. The van der Waals surface area contributed by atoms with E-state index in [0.717, 1.165) is 33.8 Å². The minimum absolute atomic E-state index is 0.247. The number of aromatic nitrogens is 4. The number of aryl methyl sites for hydroxylation is 2. The second kappa shape index (κ2) is 8.15. The Morgan fingerprint density at radius 1 is 0.906 bits per heavy atom. The molecule has 158 valence electrons. The molecule has 1 N–H and O–H groups in total. The summed E-state index contributed by atoms with van der Waals surface area (Å²) in [6, 6.07) is 29.0. The fourth-order valence-electron chi connectivity index (χ4n) is 3.99. The maximum atomic E-state index is 13.3. The lowest BCUT2D eigenvalue weighted by Gasteiger charge is -2.18. The van der Waals surface area contributed by atoms with Crippen LogP contribution in [0, 0.1) is 6.92 Å². The van der Waals surface area contributed by atoms with E-state index >= 15 is 0 Å². The highest BCUT2D eigenvalue weighted by atomic mass is 16.2. The van der Waals surface area contributed by atoms with E-state index < -0.39 is 6.04 Å². The van der Waals surface area contributed by atoms with Crippen molar-refractivity contribution >= 4 is 16.9 Å². The number of nitrogens with one attached hydrogen (secondary N) is 1. The van der Waals surface area contributed by atoms with Crippen LogP contribution in [0.15, 0.2) is 91.0 Å². The zero-order valence-corrected chi connectivity index (χ0v) is 17.9. The molecule has 0 aliphatic carbocycles. The zero-order chi connectivity index (χ0) is 22.1. The van der Waals surface area contributed by atoms with Crippen LogP contribution in [-0.4, -0.2) is 25.2 Å². The average Bonchev–Trinajstić information content (AvgIpc) is 3.39. The molecular weight excluding hydrogens is 398 g/mol. The Kier molecular flexibility index (Phi) is 5.03. The number of hydrogen-bond acceptors (Lipinski definition) is 3. The van der Waals surface area contributed by atoms with E-state index in [1.165, 1.54) is 0 Å². The molecular formula is C26H23N5O. The van der Waals surface area contributed by atoms with Gasteiger partial charge in [-0.2, -0.15) is 5.10 Å². The van der Waals surface area contributed by atoms with E-state index in [2.05, 4.69) is 10.4 Å². The van der Waals surface area contributed by atoms with E-state index in [0.29, 0.717) is 5.69 Å². The molecule has 6 nitrogen and oxygen atoms in total. The van der Waals surface area contributed by atoms with Crippen LogP contribution in [0.1, 0.15) is 33.6 Å². The van der Waals surface area contributed by atoms with Crippen molar-refractivity contribution < 1.29 is 4.79 Å². The van der Waals surface area contributed by atoms with Gasteiger partial charge in [0.15, 0.2) is 5.69 Å². The third kappa shape index (κ3) is 3.56. The van der Waals surface area contributed by atoms with Crippen molar-refractivity contribution in [3.05, 3.63) is 114 Å². The first-order chi connectivity index (χ1) is 15.6. The predicted octanol–water partition coefficient (Wildman–Crippen LogP) is 4.59. The molecule has 0 saturated heterocycles. The van der Waals surface area contributed by atoms with Gasteiger partial charge in [0, 0.05) is 12.7 Å². The van der Waals surface area contributed by atoms with Crippen molar-refractivity contribution in [1.29, 1.82) is 0 Å². The average molecular weight is 422 g/mol. The number of benzene rings is 3. The largest absolute Gasteiger partial charge is 0.337 e. The lowest BCUT2D eigenvalue weighted by molar-refractivity contribution is 0.0935. The summed E-state index contributed by atoms with van der Waals surface area (Å²) in [5.41, 5.74) is 5.04. The van der Waals surface area contributed by atoms with Gasteiger partial charge in [0.2, 0.25) is 0 Å². The second-order valence-electron chi connectivity index (χ2n) is 7.75. The predicted molar refractivity (Wildman–Crippen MR) is 125 cm³/mol. The lowest BCUT2D eigenvalue weighted by Crippen LogP contribution is -2.31. The van der Waals surface area contributed by atoms with E-state index in [1.54, 1.807) is 10.7 Å². The van der Waals surface area contributed by atoms with Gasteiger partial charge in [0.05, 0.1) is 16.7 Å². The molecule has 2 aromatic heterocycles. The topological polar surface area (TPSA) is 64.7 Å². The first-order valence-electron chi connectivity index (χ1n) is 10.5. The highest BCUT2D eigenvalue weighted by Gasteiger charge is 2.24. The number of para-hydroxylation sites is 3. The van der Waals surface area contributed by atoms with Crippen molar-refractivity contribution in [3.8, 4) is 5.69 Å². The standard InChI is InChI=1S/C26H23N5O/c1-18-17-22(29-31(18)20-13-7-4-8-14-20)26(32)28-24(19-11-5-3-6-12-19)25-27-21-15-9-10-16-23(21)30(25)2/h3-17,24H,1-2H3,(H,28,32). The first-order valence-corrected chi connectivity index (χ1v) is 10.5. The van der Waals surface area contributed by atoms with Crippen LogP contribution in [0.2, 0.25) is 0 Å². The summed E-state index contributed by atoms with van der Waals surface area (Å²) in [4.78, 5) is 18.1. The molecule has 1 amide bonds. The first kappa shape index (κ1) is 19.8. The summed E-state index contributed by atoms with van der Waals surface area (Å²) in [5, 5.41) is 7.72. The third-order valence-electron chi connectivity index (χ3n) is 5.61. The van der Waals surface area contributed by atoms with Crippen molar-refractivity contribution in [1.82, 2.24) is 24.6 Å². The number of carbonyl (C=O) groups is 1. The van der Waals surface area contributed by atoms with Gasteiger partial charge in [-0.15, -0.1) is 0 Å². The van der Waals surface area contributed by atoms with Crippen LogP contribution < -0.4 is 5.32 Å². The molecule has 1 unspecified atom stereocenters. The molecule has 5 aromatic rings. The number of nitrogens with zero attached hydrogens (tertiary/aromatic N) is 4. The van der Waals surface area contributed by atoms with Crippen molar-refractivity contribution in [2.45, 2.75) is 13.0 Å². The Morgan fingerprint density at radius 3 is 2.28 bits per heavy atom. The van der Waals surface area contributed by atoms with Crippen LogP contribution in [0.5, 0.6) is 0 Å². The highest BCUT2D eigenvalue weighted by Crippen LogP contribution is 2.25. The normalized spacial score (nSPS) is 12.1. The molecule has 5 rings (SSSR count). The monoisotopic (exact) mass is 421 g/mol. The van der Waals surface area contributed by atoms with E-state index in [-0.39, 0.29) is 5.91 Å². The Labute approximate surface area is 186 Å². The maximum Gasteiger partial charge on any atom is 0.272 e. The smallest absolute Gasteiger partial charge is 0.272 e. The van der Waals surface area contributed by atoms with Crippen LogP contribution >= 0.6 is 0 Å². The Morgan fingerprint density at radius 2 is 1.56 bits per heavy atom. The minimum Gasteiger partial charge on any atom is -0.337 e. The molecule has 0 aliphatic rings. The number of amides is 1. The minimum atomic E-state index is -0.414. The van der Waals surface area contributed by atoms with E-state index in [4.69, 9.17) is 4.98 Å². The van der Waals surface area contributed by atoms with Gasteiger partial charge in [-0.05, 0) is 42.8 Å². The highest BCUT2D eigenvalue weighted by molar-refractivity contribution is 5.93. The van der Waals surface area contributed by atoms with Crippen LogP contribution in [-0.2, 0) is 7.05 Å². The van der Waals surface area contributed by atoms with E-state index in [1.807, 2.05) is 103 Å². The molecule has 0 radical (unpaired) electrons. The summed E-state index contributed by atoms with van der Waals surface area (Å²) in [5.74, 6) is 0.522. The van der Waals surface area contributed by atoms with Crippen molar-refractivity contribution in [2.75, 3.05) is 0 Å². The number of imidazole rings is 1. The summed E-state index contributed by atoms with van der Waals surface area (Å²) < 4.78 is 3.81. The molecule has 3 aromatic carbocycles. The Balaban J connectivity index is 1.52. The number of rotatable bonds is 5. The molecule has 1 atom stereocenters. The van der Waals surface area contributed by atoms with E-state index in [9.17, 15) is 4.79 Å². The molecule has 0 fully saturated rings. The maximum absolute atomic E-state index is 13.3. The molecule has 0 saturated carbocycles. The second-order valence-corrected chi connectivity index (χ2v) is 7.75. The number of fused-ring (bicyclic) bond motifs is 1. The quantitative estimate of drug-likeness (QED) is 0.452. The van der Waals surface area contributed by atoms with Gasteiger partial charge in [-0.3, -0.25) is 4.79 Å². The molecule has 32 heavy (non-hydrogen) atoms. The molecule has 0 aliphatic heterocycles. The lowest BCUT2D eigenvalue weighted by atomic mass is 10.1. The summed E-state index contributed by atoms with van der Waals surface area (Å²) in [6.07, 6.45) is 0. The van der Waals surface area contributed by atoms with Gasteiger partial charge in [0.1, 0.15) is 11.9 Å². The van der Waals surface area contributed by atoms with Gasteiger partial charge in [-0.25, -0.2) is 9.67 Å². The Bertz CT molecular complexity index is 1390. The van der Waals surface area contributed by atoms with Crippen molar-refractivity contribution in [2.24, 2.45) is 7.05 Å². The zero-order valence-electron chi connectivity index (χ0n) is 17.9. The van der Waals surface area contributed by atoms with Crippen LogP contribution in [0.3, 0.4) is 0 Å². The number of hydrogen-bond donors (Lipinski definition) is 1. The van der Waals surface area contributed by atoms with Gasteiger partial charge >= 0.3 is 0 Å². The fraction of sp³-hybridized carbons (Fsp3) is 0.115. The van der Waals surface area contributed by atoms with Crippen LogP contribution in [0.4, 0.5) is 0 Å². The summed E-state index contributed by atoms with van der Waals surface area (Å²) >= 11 is 0. The fourth-order valence-corrected chi connectivity index (χ4v) is 3.99. The van der Waals surface area contributed by atoms with Crippen LogP contribution in [0.25, 0.3) is 16.7 Å².